The van der Waals surface area contributed by atoms with Crippen LogP contribution in [0.15, 0.2) is 0 Å². The second kappa shape index (κ2) is 7.46. The molecule has 0 spiro atoms. The Labute approximate surface area is 112 Å². The van der Waals surface area contributed by atoms with Gasteiger partial charge in [-0.3, -0.25) is 0 Å². The molecule has 1 N–H and O–H groups in total. The highest BCUT2D eigenvalue weighted by Gasteiger charge is 2.28. The fraction of sp³-hybridized carbons (Fsp3) is 1.00. The minimum Gasteiger partial charge on any atom is -0.381 e. The lowest BCUT2D eigenvalue weighted by molar-refractivity contribution is 0.0505. The predicted octanol–water partition coefficient (Wildman–Crippen LogP) is 2.27. The zero-order valence-corrected chi connectivity index (χ0v) is 12.2. The van der Waals surface area contributed by atoms with Crippen LogP contribution in [0, 0.1) is 5.92 Å². The number of nitrogens with zero attached hydrogens (tertiary/aromatic N) is 1. The molecule has 0 amide bonds. The van der Waals surface area contributed by atoms with Gasteiger partial charge in [-0.1, -0.05) is 6.92 Å². The first-order chi connectivity index (χ1) is 8.79. The smallest absolute Gasteiger partial charge is 0.0469 e. The van der Waals surface area contributed by atoms with Gasteiger partial charge < -0.3 is 15.0 Å². The lowest BCUT2D eigenvalue weighted by Crippen LogP contribution is -2.37. The highest BCUT2D eigenvalue weighted by Crippen LogP contribution is 2.25. The molecular formula is C15H30N2O. The lowest BCUT2D eigenvalue weighted by atomic mass is 9.99. The third kappa shape index (κ3) is 4.22. The van der Waals surface area contributed by atoms with Gasteiger partial charge in [0.25, 0.3) is 0 Å². The number of hydrogen-bond acceptors (Lipinski definition) is 3. The van der Waals surface area contributed by atoms with Crippen molar-refractivity contribution >= 4 is 0 Å². The third-order valence-electron chi connectivity index (χ3n) is 4.60. The number of ether oxygens (including phenoxy) is 1. The van der Waals surface area contributed by atoms with Crippen LogP contribution in [-0.2, 0) is 4.74 Å². The van der Waals surface area contributed by atoms with E-state index in [0.29, 0.717) is 0 Å². The molecule has 2 unspecified atom stereocenters. The Morgan fingerprint density at radius 1 is 1.17 bits per heavy atom. The Balaban J connectivity index is 1.67. The highest BCUT2D eigenvalue weighted by atomic mass is 16.5. The topological polar surface area (TPSA) is 24.5 Å². The second-order valence-electron chi connectivity index (χ2n) is 6.11. The molecule has 0 aromatic heterocycles. The molecule has 3 heteroatoms. The summed E-state index contributed by atoms with van der Waals surface area (Å²) in [4.78, 5) is 2.61. The molecule has 0 aromatic rings. The largest absolute Gasteiger partial charge is 0.381 e. The molecule has 0 radical (unpaired) electrons. The number of rotatable bonds is 6. The summed E-state index contributed by atoms with van der Waals surface area (Å²) in [6, 6.07) is 1.58. The van der Waals surface area contributed by atoms with E-state index in [4.69, 9.17) is 4.74 Å². The van der Waals surface area contributed by atoms with Crippen LogP contribution in [0.4, 0.5) is 0 Å². The molecule has 106 valence electrons. The molecule has 18 heavy (non-hydrogen) atoms. The fourth-order valence-corrected chi connectivity index (χ4v) is 3.38. The summed E-state index contributed by atoms with van der Waals surface area (Å²) in [5.74, 6) is 0.867. The lowest BCUT2D eigenvalue weighted by Gasteiger charge is -2.31. The maximum atomic E-state index is 5.44. The van der Waals surface area contributed by atoms with Crippen LogP contribution in [0.25, 0.3) is 0 Å². The first-order valence-corrected chi connectivity index (χ1v) is 7.81. The van der Waals surface area contributed by atoms with Crippen molar-refractivity contribution in [2.45, 2.75) is 57.5 Å². The maximum Gasteiger partial charge on any atom is 0.0469 e. The van der Waals surface area contributed by atoms with Gasteiger partial charge in [0.1, 0.15) is 0 Å². The van der Waals surface area contributed by atoms with E-state index in [1.54, 1.807) is 0 Å². The van der Waals surface area contributed by atoms with Crippen molar-refractivity contribution in [1.82, 2.24) is 10.2 Å². The van der Waals surface area contributed by atoms with Crippen molar-refractivity contribution in [2.24, 2.45) is 5.92 Å². The first-order valence-electron chi connectivity index (χ1n) is 7.81. The summed E-state index contributed by atoms with van der Waals surface area (Å²) in [6.07, 6.45) is 7.85. The quantitative estimate of drug-likeness (QED) is 0.787. The summed E-state index contributed by atoms with van der Waals surface area (Å²) in [5.41, 5.74) is 0. The summed E-state index contributed by atoms with van der Waals surface area (Å²) < 4.78 is 5.44. The Morgan fingerprint density at radius 3 is 2.67 bits per heavy atom. The van der Waals surface area contributed by atoms with Gasteiger partial charge in [-0.25, -0.2) is 0 Å². The van der Waals surface area contributed by atoms with E-state index in [0.717, 1.165) is 31.2 Å². The van der Waals surface area contributed by atoms with Crippen LogP contribution >= 0.6 is 0 Å². The molecule has 2 atom stereocenters. The van der Waals surface area contributed by atoms with Crippen LogP contribution in [0.1, 0.15) is 45.4 Å². The number of hydrogen-bond donors (Lipinski definition) is 1. The molecule has 1 heterocycles. The van der Waals surface area contributed by atoms with Gasteiger partial charge in [0.05, 0.1) is 0 Å². The Bertz CT molecular complexity index is 229. The van der Waals surface area contributed by atoms with Crippen molar-refractivity contribution in [1.29, 1.82) is 0 Å². The van der Waals surface area contributed by atoms with E-state index >= 15 is 0 Å². The molecule has 2 aliphatic rings. The van der Waals surface area contributed by atoms with E-state index in [1.165, 1.54) is 51.6 Å². The zero-order valence-electron chi connectivity index (χ0n) is 12.2. The standard InChI is InChI=1S/C15H30N2O/c1-3-8-16-14-4-5-15(11-14)17(2)12-13-6-9-18-10-7-13/h13-16H,3-12H2,1-2H3. The molecule has 1 saturated heterocycles. The van der Waals surface area contributed by atoms with Crippen molar-refractivity contribution in [2.75, 3.05) is 33.4 Å². The zero-order chi connectivity index (χ0) is 12.8. The molecular weight excluding hydrogens is 224 g/mol. The number of nitrogens with one attached hydrogen (secondary N) is 1. The summed E-state index contributed by atoms with van der Waals surface area (Å²) >= 11 is 0. The van der Waals surface area contributed by atoms with Gasteiger partial charge in [0.2, 0.25) is 0 Å². The normalized spacial score (nSPS) is 30.2. The van der Waals surface area contributed by atoms with Gasteiger partial charge in [0, 0.05) is 31.8 Å². The van der Waals surface area contributed by atoms with E-state index in [1.807, 2.05) is 0 Å². The van der Waals surface area contributed by atoms with Crippen molar-refractivity contribution in [3.63, 3.8) is 0 Å². The molecule has 0 aromatic carbocycles. The predicted molar refractivity (Wildman–Crippen MR) is 75.9 cm³/mol. The average Bonchev–Trinajstić information content (AvgIpc) is 2.86. The van der Waals surface area contributed by atoms with Crippen LogP contribution in [-0.4, -0.2) is 50.3 Å². The summed E-state index contributed by atoms with van der Waals surface area (Å²) in [7, 11) is 2.32. The van der Waals surface area contributed by atoms with E-state index < -0.39 is 0 Å². The Morgan fingerprint density at radius 2 is 1.94 bits per heavy atom. The maximum absolute atomic E-state index is 5.44. The molecule has 3 nitrogen and oxygen atoms in total. The fourth-order valence-electron chi connectivity index (χ4n) is 3.38. The van der Waals surface area contributed by atoms with E-state index in [2.05, 4.69) is 24.2 Å². The summed E-state index contributed by atoms with van der Waals surface area (Å²) in [5, 5.41) is 3.67. The average molecular weight is 254 g/mol. The van der Waals surface area contributed by atoms with Gasteiger partial charge in [-0.2, -0.15) is 0 Å². The van der Waals surface area contributed by atoms with E-state index in [9.17, 15) is 0 Å². The van der Waals surface area contributed by atoms with Crippen molar-refractivity contribution in [3.8, 4) is 0 Å². The second-order valence-corrected chi connectivity index (χ2v) is 6.11. The first kappa shape index (κ1) is 14.3. The highest BCUT2D eigenvalue weighted by molar-refractivity contribution is 4.86. The van der Waals surface area contributed by atoms with Gasteiger partial charge in [0.15, 0.2) is 0 Å². The minimum absolute atomic E-state index is 0.770. The Kier molecular flexibility index (Phi) is 5.93. The van der Waals surface area contributed by atoms with Gasteiger partial charge in [-0.15, -0.1) is 0 Å². The van der Waals surface area contributed by atoms with Crippen molar-refractivity contribution < 1.29 is 4.74 Å². The van der Waals surface area contributed by atoms with Gasteiger partial charge in [-0.05, 0) is 58.0 Å². The SMILES string of the molecule is CCCNC1CCC(N(C)CC2CCOCC2)C1. The van der Waals surface area contributed by atoms with Gasteiger partial charge >= 0.3 is 0 Å². The van der Waals surface area contributed by atoms with Crippen molar-refractivity contribution in [3.05, 3.63) is 0 Å². The third-order valence-corrected chi connectivity index (χ3v) is 4.60. The van der Waals surface area contributed by atoms with Crippen LogP contribution in [0.3, 0.4) is 0 Å². The minimum atomic E-state index is 0.770. The summed E-state index contributed by atoms with van der Waals surface area (Å²) in [6.45, 7) is 6.65. The molecule has 2 fully saturated rings. The molecule has 1 saturated carbocycles. The van der Waals surface area contributed by atoms with Crippen LogP contribution < -0.4 is 5.32 Å². The molecule has 2 rings (SSSR count). The molecule has 0 bridgehead atoms. The molecule has 1 aliphatic heterocycles. The van der Waals surface area contributed by atoms with Crippen LogP contribution in [0.2, 0.25) is 0 Å². The molecule has 1 aliphatic carbocycles. The Hall–Kier alpha value is -0.120. The van der Waals surface area contributed by atoms with Crippen LogP contribution in [0.5, 0.6) is 0 Å². The monoisotopic (exact) mass is 254 g/mol. The van der Waals surface area contributed by atoms with E-state index in [-0.39, 0.29) is 0 Å².